The van der Waals surface area contributed by atoms with Crippen LogP contribution in [0.15, 0.2) is 54.7 Å². The monoisotopic (exact) mass is 824 g/mol. The van der Waals surface area contributed by atoms with Crippen LogP contribution in [0.5, 0.6) is 0 Å². The number of alkyl carbamates (subject to hydrolysis) is 1. The summed E-state index contributed by atoms with van der Waals surface area (Å²) in [7, 11) is 0. The standard InChI is InChI=1S/C40H48N4O13S/c1-22(45)51-20-33-35(53-23(2)46)36(54-24(3)47)37(55-25(4)48)38(56-33)58-21-27-18-44(43-42-27)17-26(16-34(49)57-40(5,6)7)41-39(50)52-19-32-30-14-10-8-12-28(30)29-13-9-11-15-31(29)32/h8-15,18,26,32-33,35-38H,16-17,19-21H2,1-7H3,(H,41,50)/t26-,33+,35-,36-,37+,38-/m0/s1. The average Bonchev–Trinajstić information content (AvgIpc) is 3.71. The Morgan fingerprint density at radius 2 is 1.38 bits per heavy atom. The molecule has 0 spiro atoms. The molecule has 1 saturated heterocycles. The van der Waals surface area contributed by atoms with Crippen molar-refractivity contribution in [3.63, 3.8) is 0 Å². The zero-order valence-corrected chi connectivity index (χ0v) is 34.1. The Bertz CT molecular complexity index is 1940. The van der Waals surface area contributed by atoms with Crippen LogP contribution in [-0.4, -0.2) is 106 Å². The van der Waals surface area contributed by atoms with E-state index in [9.17, 15) is 28.8 Å². The molecule has 2 aliphatic rings. The smallest absolute Gasteiger partial charge is 0.407 e. The fourth-order valence-corrected chi connectivity index (χ4v) is 7.85. The molecule has 2 heterocycles. The SMILES string of the molecule is CC(=O)OC[C@H]1O[C@@H](SCc2cn(C[C@H](CC(=O)OC(C)(C)C)NC(=O)OCC3c4ccccc4-c4ccccc43)nn2)[C@H](OC(C)=O)[C@@H](OC(C)=O)[C@H]1OC(C)=O. The second-order valence-electron chi connectivity index (χ2n) is 14.8. The Morgan fingerprint density at radius 1 is 0.793 bits per heavy atom. The lowest BCUT2D eigenvalue weighted by molar-refractivity contribution is -0.237. The van der Waals surface area contributed by atoms with E-state index in [1.807, 2.05) is 48.5 Å². The van der Waals surface area contributed by atoms with Gasteiger partial charge in [0.05, 0.1) is 24.7 Å². The number of carbonyl (C=O) groups is 6. The Kier molecular flexibility index (Phi) is 14.5. The molecule has 1 amide bonds. The minimum absolute atomic E-state index is 0.0140. The molecule has 1 N–H and O–H groups in total. The lowest BCUT2D eigenvalue weighted by Gasteiger charge is -2.44. The van der Waals surface area contributed by atoms with Crippen molar-refractivity contribution in [2.45, 2.75) is 115 Å². The normalized spacial score (nSPS) is 20.4. The van der Waals surface area contributed by atoms with E-state index in [-0.39, 0.29) is 37.9 Å². The van der Waals surface area contributed by atoms with E-state index in [2.05, 4.69) is 15.6 Å². The van der Waals surface area contributed by atoms with Crippen molar-refractivity contribution < 1.29 is 61.9 Å². The van der Waals surface area contributed by atoms with E-state index in [4.69, 9.17) is 33.2 Å². The molecular weight excluding hydrogens is 777 g/mol. The molecule has 6 atom stereocenters. The van der Waals surface area contributed by atoms with Crippen molar-refractivity contribution in [1.29, 1.82) is 0 Å². The van der Waals surface area contributed by atoms with E-state index in [1.54, 1.807) is 27.0 Å². The van der Waals surface area contributed by atoms with Crippen molar-refractivity contribution in [2.75, 3.05) is 13.2 Å². The molecule has 3 aromatic rings. The number of hydrogen-bond donors (Lipinski definition) is 1. The van der Waals surface area contributed by atoms with Gasteiger partial charge in [-0.3, -0.25) is 28.7 Å². The number of aromatic nitrogens is 3. The van der Waals surface area contributed by atoms with E-state index < -0.39 is 77.4 Å². The van der Waals surface area contributed by atoms with Gasteiger partial charge in [-0.1, -0.05) is 53.7 Å². The van der Waals surface area contributed by atoms with Crippen LogP contribution in [0.3, 0.4) is 0 Å². The number of ether oxygens (including phenoxy) is 7. The van der Waals surface area contributed by atoms with E-state index in [1.165, 1.54) is 11.6 Å². The number of thioether (sulfide) groups is 1. The summed E-state index contributed by atoms with van der Waals surface area (Å²) in [4.78, 5) is 74.4. The van der Waals surface area contributed by atoms with Gasteiger partial charge in [-0.05, 0) is 43.0 Å². The molecule has 1 fully saturated rings. The molecule has 312 valence electrons. The van der Waals surface area contributed by atoms with Gasteiger partial charge in [0.25, 0.3) is 0 Å². The van der Waals surface area contributed by atoms with Crippen LogP contribution in [0.2, 0.25) is 0 Å². The molecule has 0 saturated carbocycles. The molecule has 1 aliphatic heterocycles. The molecule has 58 heavy (non-hydrogen) atoms. The molecule has 0 unspecified atom stereocenters. The number of amides is 1. The third-order valence-corrected chi connectivity index (χ3v) is 10.0. The molecule has 18 heteroatoms. The molecule has 0 radical (unpaired) electrons. The van der Waals surface area contributed by atoms with Gasteiger partial charge in [-0.25, -0.2) is 4.79 Å². The summed E-state index contributed by atoms with van der Waals surface area (Å²) >= 11 is 1.11. The Hall–Kier alpha value is -5.49. The Balaban J connectivity index is 1.29. The first kappa shape index (κ1) is 43.6. The van der Waals surface area contributed by atoms with Crippen molar-refractivity contribution in [3.05, 3.63) is 71.5 Å². The van der Waals surface area contributed by atoms with Crippen LogP contribution in [0.25, 0.3) is 11.1 Å². The van der Waals surface area contributed by atoms with E-state index in [0.717, 1.165) is 54.8 Å². The van der Waals surface area contributed by atoms with Gasteiger partial charge < -0.3 is 38.5 Å². The maximum atomic E-state index is 13.3. The number of benzene rings is 2. The van der Waals surface area contributed by atoms with E-state index in [0.29, 0.717) is 5.69 Å². The summed E-state index contributed by atoms with van der Waals surface area (Å²) in [6, 6.07) is 15.1. The molecule has 17 nitrogen and oxygen atoms in total. The second-order valence-corrected chi connectivity index (χ2v) is 15.9. The number of fused-ring (bicyclic) bond motifs is 3. The van der Waals surface area contributed by atoms with Crippen LogP contribution < -0.4 is 5.32 Å². The molecule has 0 bridgehead atoms. The summed E-state index contributed by atoms with van der Waals surface area (Å²) in [5, 5.41) is 11.2. The Morgan fingerprint density at radius 3 is 1.97 bits per heavy atom. The van der Waals surface area contributed by atoms with Crippen LogP contribution in [0, 0.1) is 0 Å². The summed E-state index contributed by atoms with van der Waals surface area (Å²) in [6.45, 7) is 9.59. The van der Waals surface area contributed by atoms with Crippen LogP contribution in [0.1, 0.15) is 77.6 Å². The predicted octanol–water partition coefficient (Wildman–Crippen LogP) is 4.23. The lowest BCUT2D eigenvalue weighted by atomic mass is 9.98. The van der Waals surface area contributed by atoms with Crippen molar-refractivity contribution >= 4 is 47.7 Å². The lowest BCUT2D eigenvalue weighted by Crippen LogP contribution is -2.61. The van der Waals surface area contributed by atoms with Crippen molar-refractivity contribution in [2.24, 2.45) is 0 Å². The fourth-order valence-electron chi connectivity index (χ4n) is 6.76. The van der Waals surface area contributed by atoms with Crippen molar-refractivity contribution in [3.8, 4) is 11.1 Å². The highest BCUT2D eigenvalue weighted by Gasteiger charge is 2.52. The minimum atomic E-state index is -1.31. The first-order valence-electron chi connectivity index (χ1n) is 18.6. The third kappa shape index (κ3) is 12.0. The topological polar surface area (TPSA) is 210 Å². The number of esters is 5. The quantitative estimate of drug-likeness (QED) is 0.168. The van der Waals surface area contributed by atoms with Gasteiger partial charge in [0.15, 0.2) is 18.3 Å². The first-order valence-corrected chi connectivity index (χ1v) is 19.7. The number of nitrogens with one attached hydrogen (secondary N) is 1. The van der Waals surface area contributed by atoms with Gasteiger partial charge in [-0.2, -0.15) is 0 Å². The average molecular weight is 825 g/mol. The molecule has 2 aromatic carbocycles. The van der Waals surface area contributed by atoms with Gasteiger partial charge in [0, 0.05) is 45.6 Å². The Labute approximate surface area is 339 Å². The predicted molar refractivity (Wildman–Crippen MR) is 206 cm³/mol. The van der Waals surface area contributed by atoms with Crippen LogP contribution in [0.4, 0.5) is 4.79 Å². The first-order chi connectivity index (χ1) is 27.5. The highest BCUT2D eigenvalue weighted by molar-refractivity contribution is 7.99. The summed E-state index contributed by atoms with van der Waals surface area (Å²) < 4.78 is 40.6. The number of nitrogens with zero attached hydrogens (tertiary/aromatic N) is 3. The van der Waals surface area contributed by atoms with Gasteiger partial charge in [0.1, 0.15) is 30.4 Å². The van der Waals surface area contributed by atoms with Crippen LogP contribution >= 0.6 is 11.8 Å². The second kappa shape index (κ2) is 19.3. The fraction of sp³-hybridized carbons (Fsp3) is 0.500. The zero-order chi connectivity index (χ0) is 42.1. The molecule has 5 rings (SSSR count). The summed E-state index contributed by atoms with van der Waals surface area (Å²) in [5.74, 6) is -3.43. The van der Waals surface area contributed by atoms with Gasteiger partial charge in [0.2, 0.25) is 0 Å². The number of rotatable bonds is 15. The maximum Gasteiger partial charge on any atom is 0.407 e. The van der Waals surface area contributed by atoms with E-state index >= 15 is 0 Å². The zero-order valence-electron chi connectivity index (χ0n) is 33.3. The maximum absolute atomic E-state index is 13.3. The minimum Gasteiger partial charge on any atom is -0.463 e. The molecule has 1 aliphatic carbocycles. The summed E-state index contributed by atoms with van der Waals surface area (Å²) in [6.07, 6.45) is -4.28. The van der Waals surface area contributed by atoms with Gasteiger partial charge >= 0.3 is 35.9 Å². The molecule has 1 aromatic heterocycles. The number of hydrogen-bond acceptors (Lipinski definition) is 16. The molecular formula is C40H48N4O13S. The van der Waals surface area contributed by atoms with Crippen LogP contribution in [-0.2, 0) is 69.4 Å². The number of carbonyl (C=O) groups excluding carboxylic acids is 6. The third-order valence-electron chi connectivity index (χ3n) is 8.84. The van der Waals surface area contributed by atoms with Crippen molar-refractivity contribution in [1.82, 2.24) is 20.3 Å². The highest BCUT2D eigenvalue weighted by atomic mass is 32.2. The summed E-state index contributed by atoms with van der Waals surface area (Å²) in [5.41, 5.74) is 2.92. The highest BCUT2D eigenvalue weighted by Crippen LogP contribution is 2.44. The largest absolute Gasteiger partial charge is 0.463 e. The van der Waals surface area contributed by atoms with Gasteiger partial charge in [-0.15, -0.1) is 16.9 Å².